The van der Waals surface area contributed by atoms with Crippen LogP contribution in [0.5, 0.6) is 0 Å². The van der Waals surface area contributed by atoms with Crippen molar-refractivity contribution in [3.63, 3.8) is 0 Å². The fourth-order valence-electron chi connectivity index (χ4n) is 3.65. The first kappa shape index (κ1) is 22.9. The van der Waals surface area contributed by atoms with Crippen molar-refractivity contribution >= 4 is 29.3 Å². The molecule has 2 rings (SSSR count). The highest BCUT2D eigenvalue weighted by atomic mass is 35.5. The zero-order valence-corrected chi connectivity index (χ0v) is 17.8. The van der Waals surface area contributed by atoms with Gasteiger partial charge in [-0.2, -0.15) is 0 Å². The molecule has 2 heterocycles. The molecule has 0 aliphatic carbocycles. The molecule has 0 saturated carbocycles. The van der Waals surface area contributed by atoms with E-state index >= 15 is 0 Å². The monoisotopic (exact) mass is 422 g/mol. The summed E-state index contributed by atoms with van der Waals surface area (Å²) in [4.78, 5) is 14.8. The van der Waals surface area contributed by atoms with Crippen molar-refractivity contribution in [2.24, 2.45) is 0 Å². The van der Waals surface area contributed by atoms with E-state index in [0.717, 1.165) is 19.4 Å². The lowest BCUT2D eigenvalue weighted by molar-refractivity contribution is -0.205. The lowest BCUT2D eigenvalue weighted by Crippen LogP contribution is -2.65. The SMILES string of the molecule is CCCC1=CC(C(=O)NC(C(C)Cl)C2O[C@H](SC)C(O)C(O)[C@H]2O)N(C)C1. The maximum atomic E-state index is 12.9. The largest absolute Gasteiger partial charge is 0.388 e. The first-order valence-corrected chi connectivity index (χ1v) is 11.0. The van der Waals surface area contributed by atoms with Crippen LogP contribution in [0.15, 0.2) is 11.6 Å². The zero-order chi connectivity index (χ0) is 20.3. The molecule has 0 spiro atoms. The molecule has 7 nitrogen and oxygen atoms in total. The number of likely N-dealkylation sites (N-methyl/N-ethyl adjacent to an activating group) is 1. The molecule has 1 amide bonds. The molecule has 0 aromatic heterocycles. The summed E-state index contributed by atoms with van der Waals surface area (Å²) >= 11 is 7.52. The van der Waals surface area contributed by atoms with Gasteiger partial charge in [0, 0.05) is 6.54 Å². The molecule has 0 bridgehead atoms. The fraction of sp³-hybridized carbons (Fsp3) is 0.833. The van der Waals surface area contributed by atoms with E-state index in [1.807, 2.05) is 18.0 Å². The van der Waals surface area contributed by atoms with Gasteiger partial charge < -0.3 is 25.4 Å². The van der Waals surface area contributed by atoms with E-state index in [4.69, 9.17) is 16.3 Å². The Morgan fingerprint density at radius 3 is 2.63 bits per heavy atom. The maximum absolute atomic E-state index is 12.9. The molecule has 8 atom stereocenters. The number of nitrogens with zero attached hydrogens (tertiary/aromatic N) is 1. The number of amides is 1. The number of nitrogens with one attached hydrogen (secondary N) is 1. The van der Waals surface area contributed by atoms with Gasteiger partial charge in [0.2, 0.25) is 5.91 Å². The van der Waals surface area contributed by atoms with Gasteiger partial charge in [-0.25, -0.2) is 0 Å². The van der Waals surface area contributed by atoms with Crippen molar-refractivity contribution in [2.75, 3.05) is 19.8 Å². The maximum Gasteiger partial charge on any atom is 0.241 e. The standard InChI is InChI=1S/C18H31ClN2O5S/c1-5-6-10-7-11(21(3)8-10)17(25)20-12(9(2)19)16-14(23)13(22)15(24)18(26-16)27-4/h7,9,11-16,18,22-24H,5-6,8H2,1-4H3,(H,20,25)/t9?,11?,12?,13?,14-,15?,16?,18-/m1/s1. The third-order valence-corrected chi connectivity index (χ3v) is 6.28. The summed E-state index contributed by atoms with van der Waals surface area (Å²) in [6.07, 6.45) is 0.804. The number of aliphatic hydroxyl groups is 3. The normalized spacial score (nSPS) is 37.0. The second kappa shape index (κ2) is 9.91. The fourth-order valence-corrected chi connectivity index (χ4v) is 4.54. The summed E-state index contributed by atoms with van der Waals surface area (Å²) in [6.45, 7) is 4.54. The first-order valence-electron chi connectivity index (χ1n) is 9.27. The Labute approximate surface area is 170 Å². The molecule has 156 valence electrons. The third-order valence-electron chi connectivity index (χ3n) is 5.16. The van der Waals surface area contributed by atoms with Gasteiger partial charge in [-0.05, 0) is 26.6 Å². The van der Waals surface area contributed by atoms with E-state index in [1.54, 1.807) is 13.2 Å². The van der Waals surface area contributed by atoms with Gasteiger partial charge >= 0.3 is 0 Å². The predicted molar refractivity (Wildman–Crippen MR) is 107 cm³/mol. The highest BCUT2D eigenvalue weighted by Gasteiger charge is 2.48. The van der Waals surface area contributed by atoms with E-state index in [9.17, 15) is 20.1 Å². The molecular formula is C18H31ClN2O5S. The molecule has 9 heteroatoms. The van der Waals surface area contributed by atoms with Crippen LogP contribution in [0.2, 0.25) is 0 Å². The van der Waals surface area contributed by atoms with Gasteiger partial charge in [0.25, 0.3) is 0 Å². The minimum absolute atomic E-state index is 0.224. The van der Waals surface area contributed by atoms with Gasteiger partial charge in [-0.15, -0.1) is 23.4 Å². The van der Waals surface area contributed by atoms with Gasteiger partial charge in [0.15, 0.2) is 0 Å². The van der Waals surface area contributed by atoms with Crippen LogP contribution >= 0.6 is 23.4 Å². The summed E-state index contributed by atoms with van der Waals surface area (Å²) in [7, 11) is 1.89. The average molecular weight is 423 g/mol. The van der Waals surface area contributed by atoms with E-state index < -0.39 is 47.3 Å². The van der Waals surface area contributed by atoms with Crippen molar-refractivity contribution in [3.05, 3.63) is 11.6 Å². The first-order chi connectivity index (χ1) is 12.7. The van der Waals surface area contributed by atoms with Crippen molar-refractivity contribution in [1.82, 2.24) is 10.2 Å². The van der Waals surface area contributed by atoms with Crippen LogP contribution in [-0.2, 0) is 9.53 Å². The number of carbonyl (C=O) groups is 1. The van der Waals surface area contributed by atoms with Gasteiger partial charge in [0.1, 0.15) is 35.9 Å². The number of hydrogen-bond donors (Lipinski definition) is 4. The second-order valence-corrected chi connectivity index (χ2v) is 8.95. The third kappa shape index (κ3) is 5.18. The Kier molecular flexibility index (Phi) is 8.42. The van der Waals surface area contributed by atoms with Crippen LogP contribution in [0, 0.1) is 0 Å². The number of aliphatic hydroxyl groups excluding tert-OH is 3. The average Bonchev–Trinajstić information content (AvgIpc) is 2.99. The molecule has 2 aliphatic rings. The minimum atomic E-state index is -1.37. The van der Waals surface area contributed by atoms with E-state index in [1.165, 1.54) is 17.3 Å². The van der Waals surface area contributed by atoms with Gasteiger partial charge in [-0.3, -0.25) is 9.69 Å². The van der Waals surface area contributed by atoms with E-state index in [0.29, 0.717) is 0 Å². The quantitative estimate of drug-likeness (QED) is 0.346. The predicted octanol–water partition coefficient (Wildman–Crippen LogP) is 0.310. The van der Waals surface area contributed by atoms with Gasteiger partial charge in [-0.1, -0.05) is 25.0 Å². The van der Waals surface area contributed by atoms with Crippen molar-refractivity contribution in [1.29, 1.82) is 0 Å². The van der Waals surface area contributed by atoms with Crippen molar-refractivity contribution in [2.45, 2.75) is 74.0 Å². The lowest BCUT2D eigenvalue weighted by atomic mass is 9.93. The van der Waals surface area contributed by atoms with E-state index in [-0.39, 0.29) is 5.91 Å². The molecule has 27 heavy (non-hydrogen) atoms. The Hall–Kier alpha value is -0.350. The summed E-state index contributed by atoms with van der Waals surface area (Å²) in [5, 5.41) is 32.9. The summed E-state index contributed by atoms with van der Waals surface area (Å²) in [6, 6.07) is -1.12. The molecule has 1 saturated heterocycles. The molecule has 2 aliphatic heterocycles. The van der Waals surface area contributed by atoms with Crippen molar-refractivity contribution < 1.29 is 24.9 Å². The molecule has 4 N–H and O–H groups in total. The second-order valence-electron chi connectivity index (χ2n) is 7.32. The number of halogens is 1. The minimum Gasteiger partial charge on any atom is -0.388 e. The molecule has 0 aromatic rings. The van der Waals surface area contributed by atoms with Gasteiger partial charge in [0.05, 0.1) is 11.4 Å². The zero-order valence-electron chi connectivity index (χ0n) is 16.2. The molecule has 1 fully saturated rings. The number of ether oxygens (including phenoxy) is 1. The van der Waals surface area contributed by atoms with Crippen LogP contribution in [0.1, 0.15) is 26.7 Å². The molecule has 0 radical (unpaired) electrons. The van der Waals surface area contributed by atoms with E-state index in [2.05, 4.69) is 12.2 Å². The van der Waals surface area contributed by atoms with Crippen LogP contribution < -0.4 is 5.32 Å². The van der Waals surface area contributed by atoms with Crippen LogP contribution in [0.25, 0.3) is 0 Å². The number of rotatable bonds is 7. The topological polar surface area (TPSA) is 102 Å². The van der Waals surface area contributed by atoms with Crippen LogP contribution in [0.3, 0.4) is 0 Å². The number of carbonyl (C=O) groups excluding carboxylic acids is 1. The Morgan fingerprint density at radius 2 is 2.07 bits per heavy atom. The van der Waals surface area contributed by atoms with Crippen molar-refractivity contribution in [3.8, 4) is 0 Å². The Bertz CT molecular complexity index is 548. The highest BCUT2D eigenvalue weighted by Crippen LogP contribution is 2.30. The van der Waals surface area contributed by atoms with Crippen LogP contribution in [0.4, 0.5) is 0 Å². The summed E-state index contributed by atoms with van der Waals surface area (Å²) in [5.41, 5.74) is 0.513. The summed E-state index contributed by atoms with van der Waals surface area (Å²) < 4.78 is 5.78. The lowest BCUT2D eigenvalue weighted by Gasteiger charge is -2.44. The highest BCUT2D eigenvalue weighted by molar-refractivity contribution is 7.99. The smallest absolute Gasteiger partial charge is 0.241 e. The Morgan fingerprint density at radius 1 is 1.41 bits per heavy atom. The molecule has 6 unspecified atom stereocenters. The number of hydrogen-bond acceptors (Lipinski definition) is 7. The summed E-state index contributed by atoms with van der Waals surface area (Å²) in [5.74, 6) is -0.224. The number of thioether (sulfide) groups is 1. The van der Waals surface area contributed by atoms with Crippen LogP contribution in [-0.4, -0.2) is 93.3 Å². The molecule has 0 aromatic carbocycles. The molecular weight excluding hydrogens is 392 g/mol. The number of alkyl halides is 1. The Balaban J connectivity index is 2.14.